The predicted molar refractivity (Wildman–Crippen MR) is 68.7 cm³/mol. The molecule has 0 saturated carbocycles. The van der Waals surface area contributed by atoms with Gasteiger partial charge in [-0.3, -0.25) is 4.90 Å². The van der Waals surface area contributed by atoms with Crippen molar-refractivity contribution in [1.82, 2.24) is 10.2 Å². The van der Waals surface area contributed by atoms with E-state index in [2.05, 4.69) is 33.1 Å². The SMILES string of the molecule is C[C@@H](c1cccc(Br)c1O)N1CCNCC1. The summed E-state index contributed by atoms with van der Waals surface area (Å²) in [6.45, 7) is 6.27. The van der Waals surface area contributed by atoms with Gasteiger partial charge in [0.1, 0.15) is 5.75 Å². The third kappa shape index (κ3) is 2.39. The molecule has 1 atom stereocenters. The second-order valence-corrected chi connectivity index (χ2v) is 4.99. The number of halogens is 1. The van der Waals surface area contributed by atoms with Gasteiger partial charge in [-0.05, 0) is 28.9 Å². The summed E-state index contributed by atoms with van der Waals surface area (Å²) in [4.78, 5) is 2.39. The minimum atomic E-state index is 0.264. The molecule has 0 bridgehead atoms. The zero-order valence-corrected chi connectivity index (χ0v) is 11.0. The molecule has 16 heavy (non-hydrogen) atoms. The highest BCUT2D eigenvalue weighted by atomic mass is 79.9. The Morgan fingerprint density at radius 3 is 2.75 bits per heavy atom. The smallest absolute Gasteiger partial charge is 0.134 e. The van der Waals surface area contributed by atoms with Crippen LogP contribution >= 0.6 is 15.9 Å². The maximum Gasteiger partial charge on any atom is 0.134 e. The fraction of sp³-hybridized carbons (Fsp3) is 0.500. The van der Waals surface area contributed by atoms with E-state index in [1.165, 1.54) is 0 Å². The van der Waals surface area contributed by atoms with E-state index in [0.717, 1.165) is 36.2 Å². The number of piperazine rings is 1. The van der Waals surface area contributed by atoms with E-state index in [-0.39, 0.29) is 6.04 Å². The minimum Gasteiger partial charge on any atom is -0.506 e. The van der Waals surface area contributed by atoms with Crippen LogP contribution in [0, 0.1) is 0 Å². The number of rotatable bonds is 2. The first-order valence-electron chi connectivity index (χ1n) is 5.62. The van der Waals surface area contributed by atoms with Crippen molar-refractivity contribution in [3.8, 4) is 5.75 Å². The summed E-state index contributed by atoms with van der Waals surface area (Å²) in [7, 11) is 0. The zero-order chi connectivity index (χ0) is 11.5. The normalized spacial score (nSPS) is 19.6. The topological polar surface area (TPSA) is 35.5 Å². The van der Waals surface area contributed by atoms with Gasteiger partial charge in [0, 0.05) is 37.8 Å². The predicted octanol–water partition coefficient (Wildman–Crippen LogP) is 2.12. The van der Waals surface area contributed by atoms with Gasteiger partial charge < -0.3 is 10.4 Å². The van der Waals surface area contributed by atoms with Gasteiger partial charge in [0.05, 0.1) is 4.47 Å². The van der Waals surface area contributed by atoms with Crippen LogP contribution in [0.4, 0.5) is 0 Å². The summed E-state index contributed by atoms with van der Waals surface area (Å²) in [5, 5.41) is 13.3. The first-order valence-corrected chi connectivity index (χ1v) is 6.41. The van der Waals surface area contributed by atoms with E-state index in [0.29, 0.717) is 5.75 Å². The van der Waals surface area contributed by atoms with Crippen molar-refractivity contribution < 1.29 is 5.11 Å². The Hall–Kier alpha value is -0.580. The van der Waals surface area contributed by atoms with Crippen LogP contribution in [0.3, 0.4) is 0 Å². The first kappa shape index (κ1) is 11.9. The molecule has 1 aromatic carbocycles. The Labute approximate surface area is 105 Å². The summed E-state index contributed by atoms with van der Waals surface area (Å²) in [5.41, 5.74) is 0.997. The minimum absolute atomic E-state index is 0.264. The van der Waals surface area contributed by atoms with Crippen molar-refractivity contribution in [1.29, 1.82) is 0 Å². The van der Waals surface area contributed by atoms with Crippen molar-refractivity contribution in [2.24, 2.45) is 0 Å². The lowest BCUT2D eigenvalue weighted by Gasteiger charge is -2.33. The molecular weight excluding hydrogens is 268 g/mol. The first-order chi connectivity index (χ1) is 7.70. The fourth-order valence-electron chi connectivity index (χ4n) is 2.14. The van der Waals surface area contributed by atoms with Crippen LogP contribution in [0.2, 0.25) is 0 Å². The van der Waals surface area contributed by atoms with Crippen LogP contribution in [0.5, 0.6) is 5.75 Å². The highest BCUT2D eigenvalue weighted by Crippen LogP contribution is 2.34. The quantitative estimate of drug-likeness (QED) is 0.873. The molecule has 0 aliphatic carbocycles. The van der Waals surface area contributed by atoms with Gasteiger partial charge >= 0.3 is 0 Å². The largest absolute Gasteiger partial charge is 0.506 e. The number of benzene rings is 1. The molecule has 1 heterocycles. The summed E-state index contributed by atoms with van der Waals surface area (Å²) < 4.78 is 0.770. The fourth-order valence-corrected chi connectivity index (χ4v) is 2.52. The van der Waals surface area contributed by atoms with Crippen molar-refractivity contribution in [3.05, 3.63) is 28.2 Å². The molecule has 1 aliphatic heterocycles. The van der Waals surface area contributed by atoms with Crippen LogP contribution in [0.25, 0.3) is 0 Å². The third-order valence-corrected chi connectivity index (χ3v) is 3.81. The number of hydrogen-bond donors (Lipinski definition) is 2. The van der Waals surface area contributed by atoms with E-state index >= 15 is 0 Å². The van der Waals surface area contributed by atoms with Gasteiger partial charge in [-0.25, -0.2) is 0 Å². The molecular formula is C12H17BrN2O. The second kappa shape index (κ2) is 5.17. The third-order valence-electron chi connectivity index (χ3n) is 3.17. The molecule has 1 aliphatic rings. The molecule has 0 spiro atoms. The van der Waals surface area contributed by atoms with E-state index < -0.39 is 0 Å². The van der Waals surface area contributed by atoms with Gasteiger partial charge in [-0.2, -0.15) is 0 Å². The molecule has 1 aromatic rings. The van der Waals surface area contributed by atoms with Gasteiger partial charge in [0.2, 0.25) is 0 Å². The molecule has 0 unspecified atom stereocenters. The standard InChI is InChI=1S/C12H17BrN2O/c1-9(15-7-5-14-6-8-15)10-3-2-4-11(13)12(10)16/h2-4,9,14,16H,5-8H2,1H3/t9-/m0/s1. The molecule has 0 amide bonds. The molecule has 0 aromatic heterocycles. The lowest BCUT2D eigenvalue weighted by atomic mass is 10.1. The van der Waals surface area contributed by atoms with Crippen molar-refractivity contribution >= 4 is 15.9 Å². The Kier molecular flexibility index (Phi) is 3.84. The average molecular weight is 285 g/mol. The maximum atomic E-state index is 10.0. The lowest BCUT2D eigenvalue weighted by molar-refractivity contribution is 0.183. The molecule has 1 fully saturated rings. The molecule has 1 saturated heterocycles. The number of phenols is 1. The van der Waals surface area contributed by atoms with Gasteiger partial charge in [0.25, 0.3) is 0 Å². The Balaban J connectivity index is 2.19. The summed E-state index contributed by atoms with van der Waals surface area (Å²) in [5.74, 6) is 0.369. The second-order valence-electron chi connectivity index (χ2n) is 4.14. The molecule has 4 heteroatoms. The number of para-hydroxylation sites is 1. The average Bonchev–Trinajstić information content (AvgIpc) is 2.33. The number of hydrogen-bond acceptors (Lipinski definition) is 3. The van der Waals surface area contributed by atoms with Crippen molar-refractivity contribution in [2.75, 3.05) is 26.2 Å². The van der Waals surface area contributed by atoms with Crippen molar-refractivity contribution in [3.63, 3.8) is 0 Å². The number of nitrogens with zero attached hydrogens (tertiary/aromatic N) is 1. The molecule has 3 nitrogen and oxygen atoms in total. The molecule has 2 rings (SSSR count). The zero-order valence-electron chi connectivity index (χ0n) is 9.41. The highest BCUT2D eigenvalue weighted by Gasteiger charge is 2.20. The van der Waals surface area contributed by atoms with Crippen LogP contribution in [-0.4, -0.2) is 36.2 Å². The highest BCUT2D eigenvalue weighted by molar-refractivity contribution is 9.10. The maximum absolute atomic E-state index is 10.0. The van der Waals surface area contributed by atoms with Gasteiger partial charge in [0.15, 0.2) is 0 Å². The lowest BCUT2D eigenvalue weighted by Crippen LogP contribution is -2.44. The number of nitrogens with one attached hydrogen (secondary N) is 1. The Morgan fingerprint density at radius 2 is 2.06 bits per heavy atom. The monoisotopic (exact) mass is 284 g/mol. The number of phenolic OH excluding ortho intramolecular Hbond substituents is 1. The van der Waals surface area contributed by atoms with Gasteiger partial charge in [-0.1, -0.05) is 12.1 Å². The number of aromatic hydroxyl groups is 1. The van der Waals surface area contributed by atoms with Crippen LogP contribution in [0.1, 0.15) is 18.5 Å². The van der Waals surface area contributed by atoms with E-state index in [4.69, 9.17) is 0 Å². The van der Waals surface area contributed by atoms with E-state index in [9.17, 15) is 5.11 Å². The van der Waals surface area contributed by atoms with Crippen LogP contribution < -0.4 is 5.32 Å². The van der Waals surface area contributed by atoms with Crippen LogP contribution in [-0.2, 0) is 0 Å². The Morgan fingerprint density at radius 1 is 1.38 bits per heavy atom. The van der Waals surface area contributed by atoms with Crippen molar-refractivity contribution in [2.45, 2.75) is 13.0 Å². The van der Waals surface area contributed by atoms with Gasteiger partial charge in [-0.15, -0.1) is 0 Å². The molecule has 2 N–H and O–H groups in total. The Bertz CT molecular complexity index is 364. The molecule has 88 valence electrons. The summed E-state index contributed by atoms with van der Waals surface area (Å²) in [6, 6.07) is 6.09. The summed E-state index contributed by atoms with van der Waals surface area (Å²) in [6.07, 6.45) is 0. The molecule has 0 radical (unpaired) electrons. The van der Waals surface area contributed by atoms with Crippen LogP contribution in [0.15, 0.2) is 22.7 Å². The van der Waals surface area contributed by atoms with E-state index in [1.54, 1.807) is 0 Å². The van der Waals surface area contributed by atoms with E-state index in [1.807, 2.05) is 18.2 Å². The summed E-state index contributed by atoms with van der Waals surface area (Å²) >= 11 is 3.36.